The lowest BCUT2D eigenvalue weighted by Crippen LogP contribution is -2.37. The number of hydrogen-bond donors (Lipinski definition) is 1. The van der Waals surface area contributed by atoms with E-state index in [-0.39, 0.29) is 32.0 Å². The molecular formula is C52H93NO8P+. The fraction of sp³-hybridized carbons (Fsp3) is 0.731. The largest absolute Gasteiger partial charge is 0.472 e. The second-order valence-corrected chi connectivity index (χ2v) is 18.9. The maximum Gasteiger partial charge on any atom is 0.472 e. The topological polar surface area (TPSA) is 108 Å². The lowest BCUT2D eigenvalue weighted by atomic mass is 10.0. The first kappa shape index (κ1) is 59.5. The molecule has 0 radical (unpaired) electrons. The number of nitrogens with zero attached hydrogens (tertiary/aromatic N) is 1. The Kier molecular flexibility index (Phi) is 41.9. The smallest absolute Gasteiger partial charge is 0.462 e. The summed E-state index contributed by atoms with van der Waals surface area (Å²) in [5, 5.41) is 0. The van der Waals surface area contributed by atoms with Crippen molar-refractivity contribution in [1.82, 2.24) is 0 Å². The average molecular weight is 891 g/mol. The summed E-state index contributed by atoms with van der Waals surface area (Å²) in [6.45, 7) is 4.26. The number of phosphoric acid groups is 1. The highest BCUT2D eigenvalue weighted by Crippen LogP contribution is 2.43. The zero-order chi connectivity index (χ0) is 45.7. The van der Waals surface area contributed by atoms with Crippen LogP contribution in [-0.2, 0) is 32.7 Å². The van der Waals surface area contributed by atoms with Crippen molar-refractivity contribution in [1.29, 1.82) is 0 Å². The van der Waals surface area contributed by atoms with Gasteiger partial charge in [0.25, 0.3) is 0 Å². The lowest BCUT2D eigenvalue weighted by Gasteiger charge is -2.24. The number of esters is 2. The van der Waals surface area contributed by atoms with Crippen LogP contribution in [0.4, 0.5) is 0 Å². The number of allylic oxidation sites excluding steroid dienone is 12. The summed E-state index contributed by atoms with van der Waals surface area (Å²) in [6.07, 6.45) is 55.2. The predicted octanol–water partition coefficient (Wildman–Crippen LogP) is 14.6. The SMILES string of the molecule is CC/C=C\C/C=C\C/C=C\C/C=C\CCCCCCCCCCCCC(=O)OC(COC(=O)CCCCCCC/C=C\C/C=C\CCCCC)COP(=O)(O)OCC[N+](C)(C)C. The van der Waals surface area contributed by atoms with E-state index in [0.717, 1.165) is 96.3 Å². The Bertz CT molecular complexity index is 1280. The number of likely N-dealkylation sites (N-methyl/N-ethyl adjacent to an activating group) is 1. The van der Waals surface area contributed by atoms with Crippen molar-refractivity contribution in [2.45, 2.75) is 200 Å². The first-order valence-electron chi connectivity index (χ1n) is 24.7. The van der Waals surface area contributed by atoms with Crippen LogP contribution in [0.15, 0.2) is 72.9 Å². The molecule has 2 unspecified atom stereocenters. The van der Waals surface area contributed by atoms with Gasteiger partial charge in [0.1, 0.15) is 19.8 Å². The number of carbonyl (C=O) groups excluding carboxylic acids is 2. The minimum atomic E-state index is -4.39. The minimum Gasteiger partial charge on any atom is -0.462 e. The molecule has 0 aromatic carbocycles. The summed E-state index contributed by atoms with van der Waals surface area (Å²) in [5.41, 5.74) is 0. The molecule has 0 aliphatic rings. The van der Waals surface area contributed by atoms with Gasteiger partial charge in [-0.15, -0.1) is 0 Å². The summed E-state index contributed by atoms with van der Waals surface area (Å²) >= 11 is 0. The van der Waals surface area contributed by atoms with E-state index < -0.39 is 26.5 Å². The fourth-order valence-corrected chi connectivity index (χ4v) is 7.13. The Labute approximate surface area is 380 Å². The van der Waals surface area contributed by atoms with Gasteiger partial charge >= 0.3 is 19.8 Å². The van der Waals surface area contributed by atoms with Crippen LogP contribution in [0.3, 0.4) is 0 Å². The van der Waals surface area contributed by atoms with Crippen molar-refractivity contribution in [3.8, 4) is 0 Å². The van der Waals surface area contributed by atoms with Crippen LogP contribution in [0.5, 0.6) is 0 Å². The quantitative estimate of drug-likeness (QED) is 0.0212. The lowest BCUT2D eigenvalue weighted by molar-refractivity contribution is -0.870. The molecule has 2 atom stereocenters. The van der Waals surface area contributed by atoms with Crippen molar-refractivity contribution in [3.05, 3.63) is 72.9 Å². The molecule has 0 aliphatic carbocycles. The second kappa shape index (κ2) is 43.7. The van der Waals surface area contributed by atoms with Crippen molar-refractivity contribution >= 4 is 19.8 Å². The number of quaternary nitrogens is 1. The molecule has 10 heteroatoms. The molecule has 358 valence electrons. The van der Waals surface area contributed by atoms with E-state index in [0.29, 0.717) is 17.4 Å². The average Bonchev–Trinajstić information content (AvgIpc) is 3.23. The van der Waals surface area contributed by atoms with Gasteiger partial charge < -0.3 is 18.9 Å². The molecule has 0 amide bonds. The van der Waals surface area contributed by atoms with Crippen LogP contribution in [0.25, 0.3) is 0 Å². The van der Waals surface area contributed by atoms with E-state index in [1.54, 1.807) is 0 Å². The van der Waals surface area contributed by atoms with Crippen LogP contribution >= 0.6 is 7.82 Å². The summed E-state index contributed by atoms with van der Waals surface area (Å²) in [4.78, 5) is 35.5. The van der Waals surface area contributed by atoms with Crippen LogP contribution < -0.4 is 0 Å². The Hall–Kier alpha value is -2.55. The number of ether oxygens (including phenoxy) is 2. The summed E-state index contributed by atoms with van der Waals surface area (Å²) in [6, 6.07) is 0. The Balaban J connectivity index is 4.29. The summed E-state index contributed by atoms with van der Waals surface area (Å²) in [5.74, 6) is -0.822. The molecule has 0 aromatic rings. The van der Waals surface area contributed by atoms with Gasteiger partial charge in [0.05, 0.1) is 27.7 Å². The molecular weight excluding hydrogens is 798 g/mol. The third-order valence-electron chi connectivity index (χ3n) is 10.2. The first-order chi connectivity index (χ1) is 30.0. The number of rotatable bonds is 44. The van der Waals surface area contributed by atoms with Crippen molar-refractivity contribution in [3.63, 3.8) is 0 Å². The molecule has 0 saturated heterocycles. The normalized spacial score (nSPS) is 14.1. The molecule has 0 fully saturated rings. The van der Waals surface area contributed by atoms with Gasteiger partial charge in [-0.25, -0.2) is 4.57 Å². The zero-order valence-electron chi connectivity index (χ0n) is 40.3. The Morgan fingerprint density at radius 1 is 0.516 bits per heavy atom. The molecule has 0 spiro atoms. The van der Waals surface area contributed by atoms with E-state index in [4.69, 9.17) is 18.5 Å². The molecule has 0 bridgehead atoms. The fourth-order valence-electron chi connectivity index (χ4n) is 6.39. The van der Waals surface area contributed by atoms with Crippen molar-refractivity contribution < 1.29 is 42.1 Å². The van der Waals surface area contributed by atoms with Gasteiger partial charge in [-0.3, -0.25) is 18.6 Å². The summed E-state index contributed by atoms with van der Waals surface area (Å²) in [7, 11) is 1.46. The standard InChI is InChI=1S/C52H92NO8P/c1-6-8-10-12-14-16-18-20-22-23-24-25-26-27-28-29-31-33-35-37-39-41-43-45-52(55)61-50(49-60-62(56,57)59-47-46-53(3,4)5)48-58-51(54)44-42-40-38-36-34-32-30-21-19-17-15-13-11-9-7-2/h8,10,14-17,20-22,24-25,30,50H,6-7,9,11-13,18-19,23,26-29,31-49H2,1-5H3/p+1/b10-8-,16-14-,17-15-,22-20-,25-24-,30-21-. The highest BCUT2D eigenvalue weighted by molar-refractivity contribution is 7.47. The predicted molar refractivity (Wildman–Crippen MR) is 261 cm³/mol. The van der Waals surface area contributed by atoms with Crippen LogP contribution in [0.2, 0.25) is 0 Å². The van der Waals surface area contributed by atoms with Gasteiger partial charge in [-0.2, -0.15) is 0 Å². The van der Waals surface area contributed by atoms with E-state index >= 15 is 0 Å². The zero-order valence-corrected chi connectivity index (χ0v) is 41.2. The molecule has 1 N–H and O–H groups in total. The van der Waals surface area contributed by atoms with E-state index in [1.807, 2.05) is 21.1 Å². The summed E-state index contributed by atoms with van der Waals surface area (Å²) < 4.78 is 34.4. The molecule has 0 aromatic heterocycles. The molecule has 0 heterocycles. The van der Waals surface area contributed by atoms with Gasteiger partial charge in [0.2, 0.25) is 0 Å². The van der Waals surface area contributed by atoms with Gasteiger partial charge in [-0.1, -0.05) is 170 Å². The van der Waals surface area contributed by atoms with Crippen LogP contribution in [-0.4, -0.2) is 74.9 Å². The van der Waals surface area contributed by atoms with Crippen LogP contribution in [0.1, 0.15) is 194 Å². The molecule has 0 saturated carbocycles. The second-order valence-electron chi connectivity index (χ2n) is 17.5. The van der Waals surface area contributed by atoms with Gasteiger partial charge in [0.15, 0.2) is 6.10 Å². The molecule has 0 aliphatic heterocycles. The van der Waals surface area contributed by atoms with E-state index in [2.05, 4.69) is 86.8 Å². The third-order valence-corrected chi connectivity index (χ3v) is 11.2. The van der Waals surface area contributed by atoms with E-state index in [1.165, 1.54) is 64.2 Å². The Morgan fingerprint density at radius 3 is 1.37 bits per heavy atom. The molecule has 9 nitrogen and oxygen atoms in total. The maximum atomic E-state index is 12.7. The number of phosphoric ester groups is 1. The van der Waals surface area contributed by atoms with Crippen molar-refractivity contribution in [2.24, 2.45) is 0 Å². The first-order valence-corrected chi connectivity index (χ1v) is 26.2. The monoisotopic (exact) mass is 891 g/mol. The molecule has 62 heavy (non-hydrogen) atoms. The van der Waals surface area contributed by atoms with Crippen LogP contribution in [0, 0.1) is 0 Å². The van der Waals surface area contributed by atoms with E-state index in [9.17, 15) is 19.0 Å². The number of hydrogen-bond acceptors (Lipinski definition) is 7. The minimum absolute atomic E-state index is 0.0253. The number of unbranched alkanes of at least 4 members (excludes halogenated alkanes) is 18. The molecule has 0 rings (SSSR count). The van der Waals surface area contributed by atoms with Gasteiger partial charge in [0, 0.05) is 12.8 Å². The highest BCUT2D eigenvalue weighted by Gasteiger charge is 2.27. The highest BCUT2D eigenvalue weighted by atomic mass is 31.2. The van der Waals surface area contributed by atoms with Crippen molar-refractivity contribution in [2.75, 3.05) is 47.5 Å². The Morgan fingerprint density at radius 2 is 0.919 bits per heavy atom. The maximum absolute atomic E-state index is 12.7. The van der Waals surface area contributed by atoms with Gasteiger partial charge in [-0.05, 0) is 83.5 Å². The number of carbonyl (C=O) groups is 2. The third kappa shape index (κ3) is 46.9.